The molecule has 178 valence electrons. The summed E-state index contributed by atoms with van der Waals surface area (Å²) >= 11 is 0. The molecule has 0 saturated carbocycles. The Morgan fingerprint density at radius 3 is 2.27 bits per heavy atom. The van der Waals surface area contributed by atoms with Crippen molar-refractivity contribution in [2.24, 2.45) is 0 Å². The lowest BCUT2D eigenvalue weighted by atomic mass is 10.1. The van der Waals surface area contributed by atoms with Crippen LogP contribution >= 0.6 is 0 Å². The summed E-state index contributed by atoms with van der Waals surface area (Å²) in [6, 6.07) is 15.7. The Labute approximate surface area is 196 Å². The number of benzene rings is 2. The number of piperazine rings is 1. The predicted octanol–water partition coefficient (Wildman–Crippen LogP) is 1.97. The largest absolute Gasteiger partial charge is 0.497 e. The van der Waals surface area contributed by atoms with Crippen molar-refractivity contribution in [3.05, 3.63) is 66.2 Å². The van der Waals surface area contributed by atoms with Crippen LogP contribution in [0.2, 0.25) is 0 Å². The molecular formula is C24H30N2O5S2. The molecule has 2 unspecified atom stereocenters. The second-order valence-electron chi connectivity index (χ2n) is 8.55. The van der Waals surface area contributed by atoms with Crippen molar-refractivity contribution in [1.82, 2.24) is 9.80 Å². The van der Waals surface area contributed by atoms with Crippen molar-refractivity contribution < 1.29 is 21.6 Å². The van der Waals surface area contributed by atoms with Crippen LogP contribution in [0.1, 0.15) is 5.56 Å². The van der Waals surface area contributed by atoms with Gasteiger partial charge in [-0.1, -0.05) is 42.5 Å². The monoisotopic (exact) mass is 490 g/mol. The maximum Gasteiger partial charge on any atom is 0.183 e. The van der Waals surface area contributed by atoms with Crippen LogP contribution in [-0.4, -0.2) is 89.3 Å². The molecule has 0 bridgehead atoms. The maximum absolute atomic E-state index is 13.4. The van der Waals surface area contributed by atoms with Gasteiger partial charge in [0.2, 0.25) is 0 Å². The average Bonchev–Trinajstić information content (AvgIpc) is 3.16. The number of ether oxygens (including phenoxy) is 1. The SMILES string of the molecule is COc1ccc(S(=O)(=O)C2CS(=O)(=O)CC2N2CCN(CC=Cc3ccccc3)CC2)cc1. The fraction of sp³-hybridized carbons (Fsp3) is 0.417. The van der Waals surface area contributed by atoms with Crippen molar-refractivity contribution in [2.75, 3.05) is 51.3 Å². The van der Waals surface area contributed by atoms with E-state index in [1.165, 1.54) is 19.2 Å². The van der Waals surface area contributed by atoms with Gasteiger partial charge in [0.15, 0.2) is 19.7 Å². The molecule has 2 aliphatic heterocycles. The summed E-state index contributed by atoms with van der Waals surface area (Å²) in [5.41, 5.74) is 1.15. The summed E-state index contributed by atoms with van der Waals surface area (Å²) in [4.78, 5) is 4.49. The molecule has 4 rings (SSSR count). The summed E-state index contributed by atoms with van der Waals surface area (Å²) in [6.07, 6.45) is 4.22. The molecule has 2 saturated heterocycles. The molecule has 0 N–H and O–H groups in total. The van der Waals surface area contributed by atoms with Crippen LogP contribution in [0.25, 0.3) is 6.08 Å². The Balaban J connectivity index is 1.42. The third-order valence-corrected chi connectivity index (χ3v) is 10.5. The van der Waals surface area contributed by atoms with Crippen molar-refractivity contribution in [3.8, 4) is 5.75 Å². The highest BCUT2D eigenvalue weighted by Crippen LogP contribution is 2.30. The Morgan fingerprint density at radius 2 is 1.64 bits per heavy atom. The molecule has 2 fully saturated rings. The van der Waals surface area contributed by atoms with Gasteiger partial charge in [-0.05, 0) is 29.8 Å². The third-order valence-electron chi connectivity index (χ3n) is 6.41. The van der Waals surface area contributed by atoms with E-state index in [1.54, 1.807) is 12.1 Å². The lowest BCUT2D eigenvalue weighted by Gasteiger charge is -2.39. The number of sulfone groups is 2. The fourth-order valence-electron chi connectivity index (χ4n) is 4.55. The van der Waals surface area contributed by atoms with Crippen LogP contribution in [0.4, 0.5) is 0 Å². The highest BCUT2D eigenvalue weighted by atomic mass is 32.2. The summed E-state index contributed by atoms with van der Waals surface area (Å²) < 4.78 is 56.8. The van der Waals surface area contributed by atoms with Crippen LogP contribution < -0.4 is 4.74 Å². The first-order chi connectivity index (χ1) is 15.8. The van der Waals surface area contributed by atoms with Gasteiger partial charge < -0.3 is 4.74 Å². The third kappa shape index (κ3) is 5.66. The Kier molecular flexibility index (Phi) is 7.23. The summed E-state index contributed by atoms with van der Waals surface area (Å²) in [5, 5.41) is -0.958. The number of methoxy groups -OCH3 is 1. The zero-order chi connectivity index (χ0) is 23.5. The molecule has 7 nitrogen and oxygen atoms in total. The van der Waals surface area contributed by atoms with Gasteiger partial charge in [-0.3, -0.25) is 9.80 Å². The minimum absolute atomic E-state index is 0.110. The first-order valence-corrected chi connectivity index (χ1v) is 14.4. The molecule has 0 spiro atoms. The standard InChI is InChI=1S/C24H30N2O5S2/c1-31-21-9-11-22(12-10-21)33(29,30)24-19-32(27,28)18-23(24)26-16-14-25(15-17-26)13-5-8-20-6-3-2-4-7-20/h2-12,23-24H,13-19H2,1H3. The lowest BCUT2D eigenvalue weighted by molar-refractivity contribution is 0.113. The molecule has 9 heteroatoms. The number of hydrogen-bond acceptors (Lipinski definition) is 7. The smallest absolute Gasteiger partial charge is 0.183 e. The van der Waals surface area contributed by atoms with E-state index in [0.717, 1.165) is 25.2 Å². The first kappa shape index (κ1) is 23.9. The van der Waals surface area contributed by atoms with E-state index < -0.39 is 31.0 Å². The van der Waals surface area contributed by atoms with Crippen molar-refractivity contribution in [3.63, 3.8) is 0 Å². The Bertz CT molecular complexity index is 1170. The van der Waals surface area contributed by atoms with Crippen LogP contribution in [0.15, 0.2) is 65.6 Å². The average molecular weight is 491 g/mol. The molecular weight excluding hydrogens is 460 g/mol. The first-order valence-electron chi connectivity index (χ1n) is 11.0. The van der Waals surface area contributed by atoms with Gasteiger partial charge in [-0.25, -0.2) is 16.8 Å². The van der Waals surface area contributed by atoms with E-state index in [0.29, 0.717) is 18.8 Å². The minimum Gasteiger partial charge on any atom is -0.497 e. The fourth-order valence-corrected chi connectivity index (χ4v) is 9.38. The molecule has 2 aromatic rings. The number of nitrogens with zero attached hydrogens (tertiary/aromatic N) is 2. The van der Waals surface area contributed by atoms with Gasteiger partial charge in [-0.2, -0.15) is 0 Å². The van der Waals surface area contributed by atoms with Gasteiger partial charge in [0, 0.05) is 38.8 Å². The maximum atomic E-state index is 13.4. The van der Waals surface area contributed by atoms with E-state index in [1.807, 2.05) is 23.1 Å². The quantitative estimate of drug-likeness (QED) is 0.587. The lowest BCUT2D eigenvalue weighted by Crippen LogP contribution is -2.54. The number of hydrogen-bond donors (Lipinski definition) is 0. The van der Waals surface area contributed by atoms with E-state index in [2.05, 4.69) is 29.2 Å². The molecule has 0 aromatic heterocycles. The van der Waals surface area contributed by atoms with Gasteiger partial charge in [0.1, 0.15) is 5.75 Å². The molecule has 2 heterocycles. The highest BCUT2D eigenvalue weighted by molar-refractivity contribution is 7.96. The van der Waals surface area contributed by atoms with E-state index >= 15 is 0 Å². The summed E-state index contributed by atoms with van der Waals surface area (Å²) in [6.45, 7) is 3.64. The summed E-state index contributed by atoms with van der Waals surface area (Å²) in [7, 11) is -5.71. The molecule has 33 heavy (non-hydrogen) atoms. The van der Waals surface area contributed by atoms with E-state index in [-0.39, 0.29) is 16.4 Å². The molecule has 2 aromatic carbocycles. The topological polar surface area (TPSA) is 84.0 Å². The van der Waals surface area contributed by atoms with Crippen molar-refractivity contribution in [1.29, 1.82) is 0 Å². The zero-order valence-corrected chi connectivity index (χ0v) is 20.3. The zero-order valence-electron chi connectivity index (χ0n) is 18.7. The highest BCUT2D eigenvalue weighted by Gasteiger charge is 2.48. The summed E-state index contributed by atoms with van der Waals surface area (Å²) in [5.74, 6) is 0.120. The van der Waals surface area contributed by atoms with Gasteiger partial charge >= 0.3 is 0 Å². The van der Waals surface area contributed by atoms with E-state index in [9.17, 15) is 16.8 Å². The Morgan fingerprint density at radius 1 is 0.970 bits per heavy atom. The van der Waals surface area contributed by atoms with E-state index in [4.69, 9.17) is 4.74 Å². The van der Waals surface area contributed by atoms with Crippen LogP contribution in [-0.2, 0) is 19.7 Å². The molecule has 0 radical (unpaired) electrons. The number of rotatable bonds is 7. The van der Waals surface area contributed by atoms with Crippen LogP contribution in [0, 0.1) is 0 Å². The molecule has 0 aliphatic carbocycles. The molecule has 2 atom stereocenters. The van der Waals surface area contributed by atoms with Gasteiger partial charge in [0.05, 0.1) is 28.8 Å². The van der Waals surface area contributed by atoms with Crippen LogP contribution in [0.5, 0.6) is 5.75 Å². The Hall–Kier alpha value is -2.20. The normalized spacial score (nSPS) is 24.3. The molecule has 0 amide bonds. The van der Waals surface area contributed by atoms with Crippen LogP contribution in [0.3, 0.4) is 0 Å². The van der Waals surface area contributed by atoms with Gasteiger partial charge in [0.25, 0.3) is 0 Å². The minimum atomic E-state index is -3.79. The van der Waals surface area contributed by atoms with Gasteiger partial charge in [-0.15, -0.1) is 0 Å². The second kappa shape index (κ2) is 9.97. The predicted molar refractivity (Wildman–Crippen MR) is 130 cm³/mol. The van der Waals surface area contributed by atoms with Crippen molar-refractivity contribution >= 4 is 25.8 Å². The molecule has 2 aliphatic rings. The van der Waals surface area contributed by atoms with Crippen molar-refractivity contribution in [2.45, 2.75) is 16.2 Å². The second-order valence-corrected chi connectivity index (χ2v) is 12.9.